The fraction of sp³-hybridized carbons (Fsp3) is 0.985. The third-order valence-electron chi connectivity index (χ3n) is 23.3. The lowest BCUT2D eigenvalue weighted by Crippen LogP contribution is -2.69. The number of hydrogen-bond acceptors (Lipinski definition) is 56. The second-order valence-corrected chi connectivity index (χ2v) is 31.7. The minimum absolute atomic E-state index is 0.915. The van der Waals surface area contributed by atoms with Gasteiger partial charge in [-0.2, -0.15) is 0 Å². The van der Waals surface area contributed by atoms with E-state index in [1.165, 1.54) is 0 Å². The van der Waals surface area contributed by atoms with E-state index < -0.39 is 416 Å². The number of amides is 1. The average molecular weight is 1840 g/mol. The van der Waals surface area contributed by atoms with Crippen LogP contribution in [0.15, 0.2) is 0 Å². The molecule has 0 aliphatic carbocycles. The first kappa shape index (κ1) is 103. The fourth-order valence-electron chi connectivity index (χ4n) is 15.9. The lowest BCUT2D eigenvalue weighted by molar-refractivity contribution is -0.409. The molecular weight excluding hydrogens is 1730 g/mol. The average Bonchev–Trinajstić information content (AvgIpc) is 0.828. The molecule has 11 heterocycles. The van der Waals surface area contributed by atoms with Gasteiger partial charge in [0.1, 0.15) is 269 Å². The molecule has 1 unspecified atom stereocenters. The summed E-state index contributed by atoms with van der Waals surface area (Å²) in [4.78, 5) is 12.5. The maximum absolute atomic E-state index is 12.8. The Labute approximate surface area is 704 Å². The third-order valence-corrected chi connectivity index (χ3v) is 23.3. The van der Waals surface area contributed by atoms with E-state index >= 15 is 0 Å². The number of aliphatic hydroxyl groups excluding tert-OH is 34. The van der Waals surface area contributed by atoms with Crippen LogP contribution in [0, 0.1) is 0 Å². The van der Waals surface area contributed by atoms with Gasteiger partial charge in [-0.1, -0.05) is 0 Å². The van der Waals surface area contributed by atoms with Crippen molar-refractivity contribution in [1.82, 2.24) is 5.32 Å². The molecule has 35 N–H and O–H groups in total. The highest BCUT2D eigenvalue weighted by atomic mass is 16.8. The first-order valence-electron chi connectivity index (χ1n) is 39.7. The standard InChI is InChI=1S/C68H115NO56/c1-13(77)69-25-36(88)52(20(8-76)109-58(25)104)120-65-51(103)54(35(87)24(118-65)11-107-61-50(102)53(121-62-47(99)38(90)27(79)15(3-71)111-62)34(86)23(117-61)12-108-66-55(42(94)30(82)18(6-74)114-66)123-63-48(100)39(91)28(80)16(4-72)112-63)122-68-57(125-67-56(43(95)31(83)19(7-75)115-67)124-64-49(101)40(92)29(81)17(5-73)113-64)44(96)33(85)22(119-68)10-106-60-46(98)41(93)32(84)21(116-60)9-105-59-45(97)37(89)26(78)14(2-70)110-59/h14-68,70-76,78-104H,2-12H2,1H3,(H,69,77)/t14-,15-,16-,17-,18-,19-,20-,21-,22-,23-,24-,25-,26-,27-,28-,29-,30-,31-,32-,33-,34-,35-,36-,37+,38+,39+,40+,41+,42+,43+,44+,45+,46+,47+,48+,49+,50+,51+,52-,53+,54+,55+,56+,57+,58?,59+,60+,61+,62-,63-,64-,65+,66+,67-,68-/m1/s1. The van der Waals surface area contributed by atoms with Crippen LogP contribution in [0.5, 0.6) is 0 Å². The molecule has 0 aromatic carbocycles. The minimum atomic E-state index is -2.68. The monoisotopic (exact) mass is 1840 g/mol. The van der Waals surface area contributed by atoms with E-state index in [4.69, 9.17) is 99.5 Å². The van der Waals surface area contributed by atoms with Gasteiger partial charge in [-0.25, -0.2) is 0 Å². The Balaban J connectivity index is 0.936. The van der Waals surface area contributed by atoms with E-state index in [1.54, 1.807) is 0 Å². The van der Waals surface area contributed by atoms with Crippen molar-refractivity contribution in [2.75, 3.05) is 72.7 Å². The van der Waals surface area contributed by atoms with Gasteiger partial charge in [0.25, 0.3) is 0 Å². The minimum Gasteiger partial charge on any atom is -0.394 e. The SMILES string of the molecule is CC(=O)N[C@H]1C(O)O[C@H](CO)[C@@H](O[C@@H]2O[C@H](CO[C@H]3O[C@H](CO[C@H]4O[C@H](CO)[C@@H](O)[C@H](O)[C@@H]4O[C@H]4O[C@H](CO)[C@@H](O)[C@H](O)[C@@H]4O)[C@@H](O)[C@H](O[C@H]4O[C@H](CO)[C@@H](O)[C@H](O)[C@@H]4O)[C@@H]3O)[C@@H](O)[C@H](O[C@H]3O[C@H](CO[C@H]4O[C@H](CO[C@H]5O[C@H](CO)[C@@H](O)[C@H](O)[C@@H]5O)[C@@H](O)[C@H](O)[C@@H]4O)[C@@H](O)[C@H](O)[C@@H]3O[C@H]3O[C@H](CO)[C@@H](O)[C@H](O)[C@@H]3O[C@H]3O[C@H](CO)[C@@H](O)[C@H](O)[C@@H]3O)[C@@H]2O)[C@@H]1O. The van der Waals surface area contributed by atoms with Gasteiger partial charge in [0, 0.05) is 6.92 Å². The summed E-state index contributed by atoms with van der Waals surface area (Å²) in [5.74, 6) is -0.915. The van der Waals surface area contributed by atoms with Crippen LogP contribution in [0.2, 0.25) is 0 Å². The van der Waals surface area contributed by atoms with Crippen LogP contribution >= 0.6 is 0 Å². The molecule has 11 saturated heterocycles. The Morgan fingerprint density at radius 1 is 0.208 bits per heavy atom. The molecule has 0 aromatic rings. The van der Waals surface area contributed by atoms with Crippen molar-refractivity contribution >= 4 is 5.91 Å². The molecular formula is C68H115NO56. The van der Waals surface area contributed by atoms with Crippen LogP contribution in [-0.4, -0.2) is 590 Å². The Morgan fingerprint density at radius 2 is 0.424 bits per heavy atom. The van der Waals surface area contributed by atoms with Gasteiger partial charge in [-0.3, -0.25) is 4.79 Å². The zero-order valence-corrected chi connectivity index (χ0v) is 65.7. The highest BCUT2D eigenvalue weighted by molar-refractivity contribution is 5.73. The van der Waals surface area contributed by atoms with Crippen LogP contribution in [0.4, 0.5) is 0 Å². The van der Waals surface area contributed by atoms with Crippen LogP contribution in [-0.2, 0) is 104 Å². The van der Waals surface area contributed by atoms with Gasteiger partial charge < -0.3 is 278 Å². The zero-order chi connectivity index (χ0) is 91.7. The van der Waals surface area contributed by atoms with Crippen molar-refractivity contribution in [2.45, 2.75) is 345 Å². The maximum Gasteiger partial charge on any atom is 0.217 e. The number of ether oxygens (including phenoxy) is 21. The molecule has 0 spiro atoms. The summed E-state index contributed by atoms with van der Waals surface area (Å²) in [7, 11) is 0. The van der Waals surface area contributed by atoms with E-state index in [9.17, 15) is 178 Å². The number of carbonyl (C=O) groups excluding carboxylic acids is 1. The van der Waals surface area contributed by atoms with Gasteiger partial charge in [0.15, 0.2) is 69.2 Å². The Hall–Kier alpha value is -2.73. The molecule has 0 radical (unpaired) electrons. The van der Waals surface area contributed by atoms with Crippen molar-refractivity contribution in [3.63, 3.8) is 0 Å². The van der Waals surface area contributed by atoms with Gasteiger partial charge in [-0.05, 0) is 0 Å². The van der Waals surface area contributed by atoms with Crippen molar-refractivity contribution in [3.05, 3.63) is 0 Å². The highest BCUT2D eigenvalue weighted by Crippen LogP contribution is 2.41. The number of rotatable bonds is 32. The number of hydrogen-bond donors (Lipinski definition) is 35. The zero-order valence-electron chi connectivity index (χ0n) is 65.7. The van der Waals surface area contributed by atoms with Crippen LogP contribution < -0.4 is 5.32 Å². The molecule has 11 aliphatic rings. The van der Waals surface area contributed by atoms with Gasteiger partial charge in [0.05, 0.1) is 72.7 Å². The molecule has 125 heavy (non-hydrogen) atoms. The normalized spacial score (nSPS) is 52.7. The van der Waals surface area contributed by atoms with E-state index in [2.05, 4.69) is 5.32 Å². The molecule has 1 amide bonds. The first-order chi connectivity index (χ1) is 59.2. The summed E-state index contributed by atoms with van der Waals surface area (Å²) in [6.07, 6.45) is -118. The van der Waals surface area contributed by atoms with Crippen molar-refractivity contribution in [3.8, 4) is 0 Å². The molecule has 11 aliphatic heterocycles. The molecule has 0 aromatic heterocycles. The Bertz CT molecular complexity index is 3250. The molecule has 55 atom stereocenters. The second kappa shape index (κ2) is 44.6. The quantitative estimate of drug-likeness (QED) is 0.0297. The predicted octanol–water partition coefficient (Wildman–Crippen LogP) is -24.8. The summed E-state index contributed by atoms with van der Waals surface area (Å²) in [6, 6.07) is -1.86. The fourth-order valence-corrected chi connectivity index (χ4v) is 15.9. The van der Waals surface area contributed by atoms with E-state index in [1.807, 2.05) is 0 Å². The summed E-state index contributed by atoms with van der Waals surface area (Å²) in [6.45, 7) is -11.2. The maximum atomic E-state index is 12.8. The number of nitrogens with one attached hydrogen (secondary N) is 1. The third kappa shape index (κ3) is 22.1. The molecule has 11 rings (SSSR count). The Morgan fingerprint density at radius 3 is 0.784 bits per heavy atom. The second-order valence-electron chi connectivity index (χ2n) is 31.7. The van der Waals surface area contributed by atoms with E-state index in [-0.39, 0.29) is 0 Å². The summed E-state index contributed by atoms with van der Waals surface area (Å²) in [5.41, 5.74) is 0. The Kier molecular flexibility index (Phi) is 36.7. The largest absolute Gasteiger partial charge is 0.394 e. The van der Waals surface area contributed by atoms with Gasteiger partial charge in [-0.15, -0.1) is 0 Å². The lowest BCUT2D eigenvalue weighted by Gasteiger charge is -2.50. The summed E-state index contributed by atoms with van der Waals surface area (Å²) >= 11 is 0. The first-order valence-corrected chi connectivity index (χ1v) is 39.7. The smallest absolute Gasteiger partial charge is 0.217 e. The summed E-state index contributed by atoms with van der Waals surface area (Å²) < 4.78 is 122. The van der Waals surface area contributed by atoms with Crippen LogP contribution in [0.3, 0.4) is 0 Å². The van der Waals surface area contributed by atoms with Crippen molar-refractivity contribution < 1.29 is 278 Å². The summed E-state index contributed by atoms with van der Waals surface area (Å²) in [5, 5.41) is 378. The van der Waals surface area contributed by atoms with Crippen molar-refractivity contribution in [1.29, 1.82) is 0 Å². The van der Waals surface area contributed by atoms with E-state index in [0.29, 0.717) is 0 Å². The van der Waals surface area contributed by atoms with Crippen LogP contribution in [0.25, 0.3) is 0 Å². The number of aliphatic hydroxyl groups is 34. The predicted molar refractivity (Wildman–Crippen MR) is 374 cm³/mol. The molecule has 57 heteroatoms. The highest BCUT2D eigenvalue weighted by Gasteiger charge is 2.62. The lowest BCUT2D eigenvalue weighted by atomic mass is 9.94. The molecule has 57 nitrogen and oxygen atoms in total. The molecule has 0 saturated carbocycles. The molecule has 0 bridgehead atoms. The molecule has 11 fully saturated rings. The van der Waals surface area contributed by atoms with Crippen molar-refractivity contribution in [2.24, 2.45) is 0 Å². The van der Waals surface area contributed by atoms with Gasteiger partial charge in [0.2, 0.25) is 5.91 Å². The molecule has 728 valence electrons. The topological polar surface area (TPSA) is 911 Å². The number of carbonyl (C=O) groups is 1. The van der Waals surface area contributed by atoms with Gasteiger partial charge >= 0.3 is 0 Å². The van der Waals surface area contributed by atoms with Crippen LogP contribution in [0.1, 0.15) is 6.92 Å². The van der Waals surface area contributed by atoms with E-state index in [0.717, 1.165) is 6.92 Å².